The quantitative estimate of drug-likeness (QED) is 0.620. The lowest BCUT2D eigenvalue weighted by Crippen LogP contribution is -2.16. The van der Waals surface area contributed by atoms with Crippen molar-refractivity contribution in [2.24, 2.45) is 0 Å². The maximum absolute atomic E-state index is 9.35. The number of imidazole rings is 1. The Bertz CT molecular complexity index is 799. The number of nitrogen functional groups attached to an aromatic ring is 1. The Hall–Kier alpha value is -2.93. The van der Waals surface area contributed by atoms with E-state index in [1.807, 2.05) is 35.0 Å². The molecule has 0 aliphatic rings. The largest absolute Gasteiger partial charge is 0.399 e. The molecule has 118 valence electrons. The van der Waals surface area contributed by atoms with Crippen LogP contribution < -0.4 is 11.1 Å². The van der Waals surface area contributed by atoms with E-state index in [2.05, 4.69) is 20.3 Å². The number of rotatable bonds is 5. The molecule has 0 unspecified atom stereocenters. The van der Waals surface area contributed by atoms with Gasteiger partial charge in [-0.3, -0.25) is 4.57 Å². The summed E-state index contributed by atoms with van der Waals surface area (Å²) in [5.74, 6) is 2.07. The van der Waals surface area contributed by atoms with Crippen LogP contribution in [0.25, 0.3) is 17.2 Å². The highest BCUT2D eigenvalue weighted by atomic mass is 16.3. The molecular formula is C16H18N6O. The van der Waals surface area contributed by atoms with E-state index in [4.69, 9.17) is 5.73 Å². The maximum Gasteiger partial charge on any atom is 0.145 e. The third-order valence-corrected chi connectivity index (χ3v) is 3.26. The molecule has 0 aliphatic heterocycles. The fraction of sp³-hybridized carbons (Fsp3) is 0.188. The van der Waals surface area contributed by atoms with Gasteiger partial charge in [0.2, 0.25) is 0 Å². The second kappa shape index (κ2) is 6.45. The number of aromatic nitrogens is 4. The fourth-order valence-electron chi connectivity index (χ4n) is 2.21. The van der Waals surface area contributed by atoms with Crippen LogP contribution >= 0.6 is 0 Å². The fourth-order valence-corrected chi connectivity index (χ4v) is 2.21. The number of benzene rings is 1. The van der Waals surface area contributed by atoms with Gasteiger partial charge in [-0.25, -0.2) is 15.0 Å². The second-order valence-corrected chi connectivity index (χ2v) is 5.24. The number of anilines is 2. The Kier molecular flexibility index (Phi) is 4.20. The molecule has 0 saturated carbocycles. The highest BCUT2D eigenvalue weighted by molar-refractivity contribution is 5.63. The minimum atomic E-state index is -0.454. The monoisotopic (exact) mass is 310 g/mol. The average Bonchev–Trinajstić information content (AvgIpc) is 3.03. The molecule has 2 heterocycles. The van der Waals surface area contributed by atoms with Gasteiger partial charge in [0.05, 0.1) is 6.10 Å². The Morgan fingerprint density at radius 1 is 1.26 bits per heavy atom. The van der Waals surface area contributed by atoms with Gasteiger partial charge in [-0.2, -0.15) is 0 Å². The van der Waals surface area contributed by atoms with E-state index >= 15 is 0 Å². The van der Waals surface area contributed by atoms with Crippen molar-refractivity contribution in [3.63, 3.8) is 0 Å². The predicted octanol–water partition coefficient (Wildman–Crippen LogP) is 1.70. The maximum atomic E-state index is 9.35. The van der Waals surface area contributed by atoms with Crippen molar-refractivity contribution in [2.75, 3.05) is 17.6 Å². The van der Waals surface area contributed by atoms with Crippen molar-refractivity contribution in [1.82, 2.24) is 19.5 Å². The van der Waals surface area contributed by atoms with Gasteiger partial charge in [-0.15, -0.1) is 0 Å². The molecule has 23 heavy (non-hydrogen) atoms. The van der Waals surface area contributed by atoms with Gasteiger partial charge in [-0.05, 0) is 19.1 Å². The second-order valence-electron chi connectivity index (χ2n) is 5.24. The van der Waals surface area contributed by atoms with Crippen LogP contribution in [0.15, 0.2) is 49.1 Å². The SMILES string of the molecule is C[C@@H](O)CNc1cc(-n2ccnc2-c2cccc(N)c2)ncn1. The first-order valence-corrected chi connectivity index (χ1v) is 7.27. The predicted molar refractivity (Wildman–Crippen MR) is 89.2 cm³/mol. The summed E-state index contributed by atoms with van der Waals surface area (Å²) in [5.41, 5.74) is 7.44. The van der Waals surface area contributed by atoms with E-state index in [1.54, 1.807) is 19.2 Å². The summed E-state index contributed by atoms with van der Waals surface area (Å²) in [6.45, 7) is 2.13. The van der Waals surface area contributed by atoms with Crippen molar-refractivity contribution in [2.45, 2.75) is 13.0 Å². The third-order valence-electron chi connectivity index (χ3n) is 3.26. The molecule has 0 fully saturated rings. The summed E-state index contributed by atoms with van der Waals surface area (Å²) >= 11 is 0. The number of nitrogens with two attached hydrogens (primary N) is 1. The molecule has 0 amide bonds. The van der Waals surface area contributed by atoms with Crippen molar-refractivity contribution in [1.29, 1.82) is 0 Å². The molecule has 7 heteroatoms. The summed E-state index contributed by atoms with van der Waals surface area (Å²) in [4.78, 5) is 12.8. The Balaban J connectivity index is 1.94. The molecule has 0 radical (unpaired) electrons. The van der Waals surface area contributed by atoms with Crippen LogP contribution in [-0.4, -0.2) is 37.3 Å². The van der Waals surface area contributed by atoms with Gasteiger partial charge in [-0.1, -0.05) is 12.1 Å². The van der Waals surface area contributed by atoms with Crippen LogP contribution in [-0.2, 0) is 0 Å². The van der Waals surface area contributed by atoms with Crippen molar-refractivity contribution in [3.8, 4) is 17.2 Å². The Labute approximate surface area is 133 Å². The van der Waals surface area contributed by atoms with Gasteiger partial charge in [0, 0.05) is 36.3 Å². The zero-order valence-corrected chi connectivity index (χ0v) is 12.7. The first-order valence-electron chi connectivity index (χ1n) is 7.27. The standard InChI is InChI=1S/C16H18N6O/c1-11(23)9-19-14-8-15(21-10-20-14)22-6-5-18-16(22)12-3-2-4-13(17)7-12/h2-8,10-11,23H,9,17H2,1H3,(H,19,20,21)/t11-/m1/s1. The lowest BCUT2D eigenvalue weighted by atomic mass is 10.2. The normalized spacial score (nSPS) is 12.1. The molecular weight excluding hydrogens is 292 g/mol. The first kappa shape index (κ1) is 15.0. The van der Waals surface area contributed by atoms with Crippen LogP contribution in [0.1, 0.15) is 6.92 Å². The van der Waals surface area contributed by atoms with Gasteiger partial charge < -0.3 is 16.2 Å². The highest BCUT2D eigenvalue weighted by Crippen LogP contribution is 2.22. The van der Waals surface area contributed by atoms with Crippen LogP contribution in [0.5, 0.6) is 0 Å². The smallest absolute Gasteiger partial charge is 0.145 e. The van der Waals surface area contributed by atoms with Crippen molar-refractivity contribution >= 4 is 11.5 Å². The molecule has 3 rings (SSSR count). The van der Waals surface area contributed by atoms with E-state index in [1.165, 1.54) is 6.33 Å². The highest BCUT2D eigenvalue weighted by Gasteiger charge is 2.10. The van der Waals surface area contributed by atoms with Crippen LogP contribution in [0, 0.1) is 0 Å². The minimum Gasteiger partial charge on any atom is -0.399 e. The molecule has 1 aromatic carbocycles. The van der Waals surface area contributed by atoms with Crippen LogP contribution in [0.2, 0.25) is 0 Å². The van der Waals surface area contributed by atoms with Crippen molar-refractivity contribution in [3.05, 3.63) is 49.1 Å². The number of nitrogens with one attached hydrogen (secondary N) is 1. The number of hydrogen-bond donors (Lipinski definition) is 3. The Morgan fingerprint density at radius 3 is 2.91 bits per heavy atom. The topological polar surface area (TPSA) is 102 Å². The number of aliphatic hydroxyl groups excluding tert-OH is 1. The van der Waals surface area contributed by atoms with Gasteiger partial charge in [0.25, 0.3) is 0 Å². The number of hydrogen-bond acceptors (Lipinski definition) is 6. The van der Waals surface area contributed by atoms with Crippen molar-refractivity contribution < 1.29 is 5.11 Å². The molecule has 7 nitrogen and oxygen atoms in total. The summed E-state index contributed by atoms with van der Waals surface area (Å²) in [5, 5.41) is 12.4. The van der Waals surface area contributed by atoms with E-state index < -0.39 is 6.10 Å². The summed E-state index contributed by atoms with van der Waals surface area (Å²) in [7, 11) is 0. The lowest BCUT2D eigenvalue weighted by Gasteiger charge is -2.10. The zero-order valence-electron chi connectivity index (χ0n) is 12.7. The van der Waals surface area contributed by atoms with Gasteiger partial charge in [0.15, 0.2) is 0 Å². The molecule has 0 aliphatic carbocycles. The summed E-state index contributed by atoms with van der Waals surface area (Å²) in [6.07, 6.45) is 4.57. The van der Waals surface area contributed by atoms with E-state index in [0.717, 1.165) is 11.4 Å². The first-order chi connectivity index (χ1) is 11.1. The molecule has 4 N–H and O–H groups in total. The van der Waals surface area contributed by atoms with E-state index in [9.17, 15) is 5.11 Å². The summed E-state index contributed by atoms with van der Waals surface area (Å²) < 4.78 is 1.87. The van der Waals surface area contributed by atoms with E-state index in [-0.39, 0.29) is 0 Å². The molecule has 3 aromatic rings. The van der Waals surface area contributed by atoms with Gasteiger partial charge in [0.1, 0.15) is 23.8 Å². The summed E-state index contributed by atoms with van der Waals surface area (Å²) in [6, 6.07) is 9.34. The molecule has 0 bridgehead atoms. The molecule has 2 aromatic heterocycles. The van der Waals surface area contributed by atoms with E-state index in [0.29, 0.717) is 23.9 Å². The lowest BCUT2D eigenvalue weighted by molar-refractivity contribution is 0.208. The van der Waals surface area contributed by atoms with Crippen LogP contribution in [0.3, 0.4) is 0 Å². The molecule has 0 saturated heterocycles. The Morgan fingerprint density at radius 2 is 2.13 bits per heavy atom. The molecule has 0 spiro atoms. The minimum absolute atomic E-state index is 0.419. The number of nitrogens with zero attached hydrogens (tertiary/aromatic N) is 4. The molecule has 1 atom stereocenters. The van der Waals surface area contributed by atoms with Gasteiger partial charge >= 0.3 is 0 Å². The van der Waals surface area contributed by atoms with Crippen LogP contribution in [0.4, 0.5) is 11.5 Å². The third kappa shape index (κ3) is 3.46. The number of aliphatic hydroxyl groups is 1. The average molecular weight is 310 g/mol. The zero-order chi connectivity index (χ0) is 16.2.